The van der Waals surface area contributed by atoms with Gasteiger partial charge in [0.15, 0.2) is 5.65 Å². The molecule has 37 heavy (non-hydrogen) atoms. The number of anilines is 2. The van der Waals surface area contributed by atoms with Gasteiger partial charge in [-0.15, -0.1) is 0 Å². The van der Waals surface area contributed by atoms with E-state index < -0.39 is 29.3 Å². The van der Waals surface area contributed by atoms with E-state index in [0.717, 1.165) is 17.2 Å². The van der Waals surface area contributed by atoms with E-state index >= 15 is 0 Å². The lowest BCUT2D eigenvalue weighted by molar-refractivity contribution is -0.141. The van der Waals surface area contributed by atoms with E-state index in [1.165, 1.54) is 11.0 Å². The zero-order valence-corrected chi connectivity index (χ0v) is 19.9. The Morgan fingerprint density at radius 2 is 1.89 bits per heavy atom. The van der Waals surface area contributed by atoms with Crippen LogP contribution in [-0.2, 0) is 15.7 Å². The molecule has 0 unspecified atom stereocenters. The molecule has 0 bridgehead atoms. The molecule has 11 nitrogen and oxygen atoms in total. The number of urea groups is 1. The van der Waals surface area contributed by atoms with Crippen LogP contribution >= 0.6 is 0 Å². The molecular formula is C23H23F3N8O3. The summed E-state index contributed by atoms with van der Waals surface area (Å²) >= 11 is 0. The van der Waals surface area contributed by atoms with Crippen LogP contribution in [0.3, 0.4) is 0 Å². The Morgan fingerprint density at radius 1 is 1.14 bits per heavy atom. The molecule has 3 fully saturated rings. The largest absolute Gasteiger partial charge is 0.433 e. The van der Waals surface area contributed by atoms with Crippen LogP contribution in [0.5, 0.6) is 0 Å². The lowest BCUT2D eigenvalue weighted by Crippen LogP contribution is -2.56. The van der Waals surface area contributed by atoms with Gasteiger partial charge in [-0.05, 0) is 31.9 Å². The van der Waals surface area contributed by atoms with E-state index in [9.17, 15) is 22.8 Å². The van der Waals surface area contributed by atoms with E-state index in [4.69, 9.17) is 9.72 Å². The van der Waals surface area contributed by atoms with Crippen molar-refractivity contribution in [1.82, 2.24) is 29.6 Å². The number of piperidine rings is 1. The van der Waals surface area contributed by atoms with E-state index in [2.05, 4.69) is 15.1 Å². The topological polar surface area (TPSA) is 110 Å². The predicted octanol–water partition coefficient (Wildman–Crippen LogP) is 2.64. The number of hydrogen-bond acceptors (Lipinski definition) is 8. The fraction of sp³-hybridized carbons (Fsp3) is 0.478. The zero-order chi connectivity index (χ0) is 25.9. The normalized spacial score (nSPS) is 20.4. The second-order valence-corrected chi connectivity index (χ2v) is 9.30. The third-order valence-electron chi connectivity index (χ3n) is 7.32. The summed E-state index contributed by atoms with van der Waals surface area (Å²) in [5.41, 5.74) is -1.13. The van der Waals surface area contributed by atoms with Gasteiger partial charge in [0.25, 0.3) is 5.91 Å². The molecule has 0 radical (unpaired) electrons. The third kappa shape index (κ3) is 3.61. The molecular weight excluding hydrogens is 493 g/mol. The molecule has 14 heteroatoms. The number of alkyl halides is 3. The van der Waals surface area contributed by atoms with Crippen molar-refractivity contribution in [3.8, 4) is 0 Å². The third-order valence-corrected chi connectivity index (χ3v) is 7.32. The number of hydrogen-bond donors (Lipinski definition) is 0. The minimum Gasteiger partial charge on any atom is -0.377 e. The summed E-state index contributed by atoms with van der Waals surface area (Å²) in [6.07, 6.45) is 0.180. The predicted molar refractivity (Wildman–Crippen MR) is 124 cm³/mol. The minimum absolute atomic E-state index is 0.115. The second kappa shape index (κ2) is 8.36. The zero-order valence-electron chi connectivity index (χ0n) is 19.9. The average Bonchev–Trinajstić information content (AvgIpc) is 3.34. The average molecular weight is 516 g/mol. The van der Waals surface area contributed by atoms with Crippen molar-refractivity contribution in [2.24, 2.45) is 0 Å². The van der Waals surface area contributed by atoms with Gasteiger partial charge in [0.05, 0.1) is 31.3 Å². The van der Waals surface area contributed by atoms with Gasteiger partial charge in [-0.2, -0.15) is 18.3 Å². The smallest absolute Gasteiger partial charge is 0.377 e. The van der Waals surface area contributed by atoms with Gasteiger partial charge in [0.1, 0.15) is 28.6 Å². The van der Waals surface area contributed by atoms with Crippen molar-refractivity contribution >= 4 is 34.6 Å². The quantitative estimate of drug-likeness (QED) is 0.487. The molecule has 6 heterocycles. The number of carbonyl (C=O) groups excluding carboxylic acids is 2. The number of halogens is 3. The Labute approximate surface area is 208 Å². The number of nitrogens with zero attached hydrogens (tertiary/aromatic N) is 8. The number of likely N-dealkylation sites (N-methyl/N-ethyl adjacent to an activating group) is 1. The fourth-order valence-corrected chi connectivity index (χ4v) is 5.28. The van der Waals surface area contributed by atoms with E-state index in [-0.39, 0.29) is 18.3 Å². The molecule has 3 aliphatic heterocycles. The summed E-state index contributed by atoms with van der Waals surface area (Å²) in [6, 6.07) is 1.46. The van der Waals surface area contributed by atoms with Crippen molar-refractivity contribution in [2.45, 2.75) is 37.5 Å². The van der Waals surface area contributed by atoms with Crippen LogP contribution < -0.4 is 9.80 Å². The number of pyridine rings is 1. The van der Waals surface area contributed by atoms with Crippen LogP contribution in [0.2, 0.25) is 0 Å². The van der Waals surface area contributed by atoms with Crippen LogP contribution in [0, 0.1) is 0 Å². The summed E-state index contributed by atoms with van der Waals surface area (Å²) < 4.78 is 46.7. The summed E-state index contributed by atoms with van der Waals surface area (Å²) in [7, 11) is 0. The maximum Gasteiger partial charge on any atom is 0.433 e. The molecule has 3 aromatic rings. The first-order valence-corrected chi connectivity index (χ1v) is 12.0. The monoisotopic (exact) mass is 516 g/mol. The van der Waals surface area contributed by atoms with E-state index in [1.807, 2.05) is 4.90 Å². The first-order valence-electron chi connectivity index (χ1n) is 12.0. The molecule has 6 rings (SSSR count). The molecule has 0 aliphatic carbocycles. The molecule has 0 aromatic carbocycles. The number of amides is 3. The number of imide groups is 1. The Morgan fingerprint density at radius 3 is 2.54 bits per heavy atom. The van der Waals surface area contributed by atoms with Gasteiger partial charge in [-0.25, -0.2) is 24.3 Å². The summed E-state index contributed by atoms with van der Waals surface area (Å²) in [5, 5.41) is 4.38. The van der Waals surface area contributed by atoms with Crippen molar-refractivity contribution in [3.05, 3.63) is 36.4 Å². The van der Waals surface area contributed by atoms with Gasteiger partial charge in [-0.1, -0.05) is 0 Å². The number of ether oxygens (including phenoxy) is 1. The number of aromatic nitrogens is 5. The van der Waals surface area contributed by atoms with Crippen LogP contribution in [-0.4, -0.2) is 80.0 Å². The standard InChI is InChI=1S/C23H23F3N8O3/c1-2-32-21(36)33(14-3-6-27-17(9-14)23(24,25)26)20(35)22(32)4-7-31(8-5-22)18-11-28-16-10-29-34(19(16)30-18)15-12-37-13-15/h3,6,9-11,15H,2,4-5,7-8,12-13H2,1H3. The Balaban J connectivity index is 1.26. The number of rotatable bonds is 4. The van der Waals surface area contributed by atoms with Crippen LogP contribution in [0.4, 0.5) is 29.5 Å². The molecule has 3 saturated heterocycles. The Kier molecular flexibility index (Phi) is 5.33. The van der Waals surface area contributed by atoms with Crippen molar-refractivity contribution in [1.29, 1.82) is 0 Å². The van der Waals surface area contributed by atoms with Crippen LogP contribution in [0.15, 0.2) is 30.7 Å². The van der Waals surface area contributed by atoms with E-state index in [1.54, 1.807) is 24.0 Å². The van der Waals surface area contributed by atoms with E-state index in [0.29, 0.717) is 56.1 Å². The highest BCUT2D eigenvalue weighted by Crippen LogP contribution is 2.41. The highest BCUT2D eigenvalue weighted by molar-refractivity contribution is 6.23. The number of carbonyl (C=O) groups is 2. The maximum atomic E-state index is 13.7. The Bertz CT molecular complexity index is 1380. The highest BCUT2D eigenvalue weighted by Gasteiger charge is 2.58. The minimum atomic E-state index is -4.70. The molecule has 3 aliphatic rings. The van der Waals surface area contributed by atoms with Crippen molar-refractivity contribution in [2.75, 3.05) is 42.6 Å². The first-order chi connectivity index (χ1) is 17.7. The molecule has 3 aromatic heterocycles. The molecule has 0 saturated carbocycles. The van der Waals surface area contributed by atoms with Gasteiger partial charge >= 0.3 is 12.2 Å². The molecule has 3 amide bonds. The lowest BCUT2D eigenvalue weighted by atomic mass is 9.85. The van der Waals surface area contributed by atoms with Crippen LogP contribution in [0.25, 0.3) is 11.2 Å². The molecule has 0 atom stereocenters. The van der Waals surface area contributed by atoms with Crippen molar-refractivity contribution in [3.63, 3.8) is 0 Å². The lowest BCUT2D eigenvalue weighted by Gasteiger charge is -2.42. The summed E-state index contributed by atoms with van der Waals surface area (Å²) in [4.78, 5) is 43.8. The maximum absolute atomic E-state index is 13.7. The van der Waals surface area contributed by atoms with Crippen LogP contribution in [0.1, 0.15) is 31.5 Å². The number of fused-ring (bicyclic) bond motifs is 1. The van der Waals surface area contributed by atoms with Gasteiger partial charge in [0.2, 0.25) is 0 Å². The first kappa shape index (κ1) is 23.6. The van der Waals surface area contributed by atoms with Crippen molar-refractivity contribution < 1.29 is 27.5 Å². The summed E-state index contributed by atoms with van der Waals surface area (Å²) in [6.45, 7) is 3.95. The molecule has 1 spiro atoms. The van der Waals surface area contributed by atoms with Gasteiger partial charge in [-0.3, -0.25) is 9.78 Å². The fourth-order valence-electron chi connectivity index (χ4n) is 5.28. The summed E-state index contributed by atoms with van der Waals surface area (Å²) in [5.74, 6) is 0.105. The molecule has 0 N–H and O–H groups in total. The highest BCUT2D eigenvalue weighted by atomic mass is 19.4. The second-order valence-electron chi connectivity index (χ2n) is 9.30. The SMILES string of the molecule is CCN1C(=O)N(c2ccnc(C(F)(F)F)c2)C(=O)C12CCN(c1cnc3cnn(C4COC4)c3n1)CC2. The van der Waals surface area contributed by atoms with Gasteiger partial charge in [0, 0.05) is 25.8 Å². The molecule has 194 valence electrons. The van der Waals surface area contributed by atoms with Gasteiger partial charge < -0.3 is 14.5 Å². The Hall–Kier alpha value is -3.81.